The van der Waals surface area contributed by atoms with Crippen LogP contribution < -0.4 is 5.32 Å². The summed E-state index contributed by atoms with van der Waals surface area (Å²) in [4.78, 5) is 11.8. The fraction of sp³-hybridized carbons (Fsp3) is 0.588. The number of esters is 1. The highest BCUT2D eigenvalue weighted by Crippen LogP contribution is 2.54. The average molecular weight is 287 g/mol. The molecule has 4 rings (SSSR count). The molecule has 3 aliphatic rings. The summed E-state index contributed by atoms with van der Waals surface area (Å²) in [7, 11) is 0. The number of benzene rings is 1. The standard InChI is InChI=1S/C17H21NO3/c19-11-17(7-12-3-1-2-4-13(12)8-17)18-10-14-9-16(5-6-16)15(20)21-14/h1-4,14,18-19H,5-11H2. The molecule has 1 atom stereocenters. The third-order valence-corrected chi connectivity index (χ3v) is 5.36. The number of aliphatic hydroxyl groups is 1. The first-order valence-electron chi connectivity index (χ1n) is 7.79. The zero-order valence-electron chi connectivity index (χ0n) is 12.1. The van der Waals surface area contributed by atoms with Crippen molar-refractivity contribution in [2.24, 2.45) is 5.41 Å². The number of cyclic esters (lactones) is 1. The largest absolute Gasteiger partial charge is 0.461 e. The van der Waals surface area contributed by atoms with E-state index in [1.807, 2.05) is 12.1 Å². The van der Waals surface area contributed by atoms with Crippen LogP contribution >= 0.6 is 0 Å². The van der Waals surface area contributed by atoms with Crippen molar-refractivity contribution in [1.29, 1.82) is 0 Å². The topological polar surface area (TPSA) is 58.6 Å². The van der Waals surface area contributed by atoms with Crippen molar-refractivity contribution < 1.29 is 14.6 Å². The molecule has 0 radical (unpaired) electrons. The molecular formula is C17H21NO3. The van der Waals surface area contributed by atoms with E-state index < -0.39 is 0 Å². The van der Waals surface area contributed by atoms with Crippen LogP contribution in [0.1, 0.15) is 30.4 Å². The lowest BCUT2D eigenvalue weighted by Crippen LogP contribution is -2.52. The van der Waals surface area contributed by atoms with Gasteiger partial charge in [-0.3, -0.25) is 4.79 Å². The van der Waals surface area contributed by atoms with E-state index in [0.717, 1.165) is 32.1 Å². The number of nitrogens with one attached hydrogen (secondary N) is 1. The van der Waals surface area contributed by atoms with Crippen LogP contribution in [0.5, 0.6) is 0 Å². The van der Waals surface area contributed by atoms with Crippen LogP contribution in [-0.2, 0) is 22.4 Å². The van der Waals surface area contributed by atoms with Gasteiger partial charge in [0.1, 0.15) is 6.10 Å². The Morgan fingerprint density at radius 1 is 1.24 bits per heavy atom. The van der Waals surface area contributed by atoms with Gasteiger partial charge < -0.3 is 15.2 Å². The molecular weight excluding hydrogens is 266 g/mol. The molecule has 1 unspecified atom stereocenters. The molecule has 1 aliphatic heterocycles. The minimum atomic E-state index is -0.296. The van der Waals surface area contributed by atoms with Crippen LogP contribution in [-0.4, -0.2) is 35.9 Å². The van der Waals surface area contributed by atoms with Gasteiger partial charge in [-0.25, -0.2) is 0 Å². The van der Waals surface area contributed by atoms with Gasteiger partial charge in [0.15, 0.2) is 0 Å². The van der Waals surface area contributed by atoms with E-state index >= 15 is 0 Å². The number of fused-ring (bicyclic) bond motifs is 1. The fourth-order valence-electron chi connectivity index (χ4n) is 3.83. The highest BCUT2D eigenvalue weighted by atomic mass is 16.6. The zero-order chi connectivity index (χ0) is 14.5. The van der Waals surface area contributed by atoms with E-state index in [1.54, 1.807) is 0 Å². The molecule has 112 valence electrons. The van der Waals surface area contributed by atoms with E-state index in [0.29, 0.717) is 6.54 Å². The summed E-state index contributed by atoms with van der Waals surface area (Å²) in [6.07, 6.45) is 4.45. The van der Waals surface area contributed by atoms with Crippen LogP contribution in [0.4, 0.5) is 0 Å². The lowest BCUT2D eigenvalue weighted by atomic mass is 9.95. The molecule has 2 N–H and O–H groups in total. The Hall–Kier alpha value is -1.39. The normalized spacial score (nSPS) is 27.7. The second-order valence-corrected chi connectivity index (χ2v) is 6.95. The maximum atomic E-state index is 11.8. The van der Waals surface area contributed by atoms with Crippen molar-refractivity contribution in [3.8, 4) is 0 Å². The second-order valence-electron chi connectivity index (χ2n) is 6.95. The summed E-state index contributed by atoms with van der Waals surface area (Å²) in [5.74, 6) is -0.0120. The quantitative estimate of drug-likeness (QED) is 0.817. The van der Waals surface area contributed by atoms with E-state index in [-0.39, 0.29) is 29.6 Å². The third-order valence-electron chi connectivity index (χ3n) is 5.36. The van der Waals surface area contributed by atoms with Crippen molar-refractivity contribution in [2.45, 2.75) is 43.7 Å². The molecule has 1 aromatic carbocycles. The lowest BCUT2D eigenvalue weighted by Gasteiger charge is -2.29. The van der Waals surface area contributed by atoms with Crippen molar-refractivity contribution in [1.82, 2.24) is 5.32 Å². The van der Waals surface area contributed by atoms with E-state index in [9.17, 15) is 9.90 Å². The van der Waals surface area contributed by atoms with Gasteiger partial charge in [-0.2, -0.15) is 0 Å². The molecule has 1 spiro atoms. The van der Waals surface area contributed by atoms with Crippen LogP contribution in [0.2, 0.25) is 0 Å². The van der Waals surface area contributed by atoms with Gasteiger partial charge in [0.05, 0.1) is 12.0 Å². The Morgan fingerprint density at radius 2 is 1.90 bits per heavy atom. The Kier molecular flexibility index (Phi) is 2.88. The van der Waals surface area contributed by atoms with E-state index in [2.05, 4.69) is 17.4 Å². The van der Waals surface area contributed by atoms with Crippen molar-refractivity contribution in [2.75, 3.05) is 13.2 Å². The predicted octanol–water partition coefficient (Wildman–Crippen LogP) is 1.20. The van der Waals surface area contributed by atoms with Gasteiger partial charge >= 0.3 is 5.97 Å². The molecule has 0 amide bonds. The lowest BCUT2D eigenvalue weighted by molar-refractivity contribution is -0.145. The summed E-state index contributed by atoms with van der Waals surface area (Å²) >= 11 is 0. The summed E-state index contributed by atoms with van der Waals surface area (Å²) < 4.78 is 5.48. The molecule has 1 aromatic rings. The Labute approximate surface area is 124 Å². The van der Waals surface area contributed by atoms with Crippen molar-refractivity contribution >= 4 is 5.97 Å². The van der Waals surface area contributed by atoms with Gasteiger partial charge in [0.25, 0.3) is 0 Å². The molecule has 1 saturated carbocycles. The number of carbonyl (C=O) groups is 1. The van der Waals surface area contributed by atoms with Crippen molar-refractivity contribution in [3.63, 3.8) is 0 Å². The molecule has 4 nitrogen and oxygen atoms in total. The Morgan fingerprint density at radius 3 is 2.43 bits per heavy atom. The maximum Gasteiger partial charge on any atom is 0.312 e. The number of aliphatic hydroxyl groups excluding tert-OH is 1. The average Bonchev–Trinajstić information content (AvgIpc) is 3.07. The van der Waals surface area contributed by atoms with Crippen molar-refractivity contribution in [3.05, 3.63) is 35.4 Å². The first-order chi connectivity index (χ1) is 10.1. The number of carbonyl (C=O) groups excluding carboxylic acids is 1. The van der Waals surface area contributed by atoms with Gasteiger partial charge in [-0.1, -0.05) is 24.3 Å². The monoisotopic (exact) mass is 287 g/mol. The predicted molar refractivity (Wildman–Crippen MR) is 77.8 cm³/mol. The van der Waals surface area contributed by atoms with Gasteiger partial charge in [-0.15, -0.1) is 0 Å². The molecule has 0 aromatic heterocycles. The SMILES string of the molecule is O=C1OC(CNC2(CO)Cc3ccccc3C2)CC12CC2. The number of hydrogen-bond donors (Lipinski definition) is 2. The Bertz CT molecular complexity index is 554. The van der Waals surface area contributed by atoms with E-state index in [1.165, 1.54) is 11.1 Å². The van der Waals surface area contributed by atoms with E-state index in [4.69, 9.17) is 4.74 Å². The summed E-state index contributed by atoms with van der Waals surface area (Å²) in [5.41, 5.74) is 2.18. The Balaban J connectivity index is 1.41. The van der Waals surface area contributed by atoms with Crippen LogP contribution in [0, 0.1) is 5.41 Å². The fourth-order valence-corrected chi connectivity index (χ4v) is 3.83. The molecule has 21 heavy (non-hydrogen) atoms. The minimum Gasteiger partial charge on any atom is -0.461 e. The molecule has 2 fully saturated rings. The highest BCUT2D eigenvalue weighted by Gasteiger charge is 2.57. The molecule has 0 bridgehead atoms. The van der Waals surface area contributed by atoms with Gasteiger partial charge in [-0.05, 0) is 36.8 Å². The van der Waals surface area contributed by atoms with Crippen LogP contribution in [0.3, 0.4) is 0 Å². The zero-order valence-corrected chi connectivity index (χ0v) is 12.1. The molecule has 2 aliphatic carbocycles. The first-order valence-corrected chi connectivity index (χ1v) is 7.79. The first kappa shape index (κ1) is 13.3. The number of ether oxygens (including phenoxy) is 1. The molecule has 1 heterocycles. The second kappa shape index (κ2) is 4.55. The summed E-state index contributed by atoms with van der Waals surface area (Å²) in [6, 6.07) is 8.34. The summed E-state index contributed by atoms with van der Waals surface area (Å²) in [5, 5.41) is 13.4. The minimum absolute atomic E-state index is 0.0120. The van der Waals surface area contributed by atoms with Crippen LogP contribution in [0.15, 0.2) is 24.3 Å². The number of rotatable bonds is 4. The highest BCUT2D eigenvalue weighted by molar-refractivity contribution is 5.82. The smallest absolute Gasteiger partial charge is 0.312 e. The molecule has 4 heteroatoms. The maximum absolute atomic E-state index is 11.8. The van der Waals surface area contributed by atoms with Gasteiger partial charge in [0, 0.05) is 18.5 Å². The van der Waals surface area contributed by atoms with Crippen LogP contribution in [0.25, 0.3) is 0 Å². The molecule has 1 saturated heterocycles. The summed E-state index contributed by atoms with van der Waals surface area (Å²) in [6.45, 7) is 0.746. The van der Waals surface area contributed by atoms with Gasteiger partial charge in [0.2, 0.25) is 0 Å². The third kappa shape index (κ3) is 2.17. The number of hydrogen-bond acceptors (Lipinski definition) is 4.